The van der Waals surface area contributed by atoms with Crippen molar-refractivity contribution in [3.05, 3.63) is 59.9 Å². The van der Waals surface area contributed by atoms with E-state index in [0.717, 1.165) is 0 Å². The van der Waals surface area contributed by atoms with E-state index in [1.807, 2.05) is 0 Å². The maximum Gasteiger partial charge on any atom is 0.257 e. The number of nitrogens with zero attached hydrogens (tertiary/aromatic N) is 2. The fourth-order valence-electron chi connectivity index (χ4n) is 2.48. The van der Waals surface area contributed by atoms with Gasteiger partial charge >= 0.3 is 0 Å². The molecule has 1 aromatic heterocycles. The predicted octanol–water partition coefficient (Wildman–Crippen LogP) is 1.76. The van der Waals surface area contributed by atoms with Crippen LogP contribution in [0.25, 0.3) is 11.5 Å². The fourth-order valence-corrected chi connectivity index (χ4v) is 3.51. The van der Waals surface area contributed by atoms with E-state index in [2.05, 4.69) is 20.2 Å². The van der Waals surface area contributed by atoms with Gasteiger partial charge in [0.05, 0.1) is 12.0 Å². The molecule has 0 spiro atoms. The van der Waals surface area contributed by atoms with Crippen LogP contribution in [0.2, 0.25) is 0 Å². The van der Waals surface area contributed by atoms with Crippen LogP contribution < -0.4 is 14.8 Å². The van der Waals surface area contributed by atoms with Crippen LogP contribution in [0.1, 0.15) is 16.2 Å². The molecule has 10 heteroatoms. The highest BCUT2D eigenvalue weighted by atomic mass is 32.2. The van der Waals surface area contributed by atoms with Crippen molar-refractivity contribution in [3.8, 4) is 17.2 Å². The van der Waals surface area contributed by atoms with Gasteiger partial charge in [0.15, 0.2) is 5.82 Å². The van der Waals surface area contributed by atoms with Crippen molar-refractivity contribution in [2.24, 2.45) is 0 Å². The number of sulfonamides is 1. The summed E-state index contributed by atoms with van der Waals surface area (Å²) < 4.78 is 37.0. The third-order valence-electron chi connectivity index (χ3n) is 3.99. The highest BCUT2D eigenvalue weighted by Crippen LogP contribution is 2.17. The van der Waals surface area contributed by atoms with Gasteiger partial charge in [0.1, 0.15) is 5.75 Å². The molecule has 2 N–H and O–H groups in total. The van der Waals surface area contributed by atoms with E-state index in [1.165, 1.54) is 19.2 Å². The van der Waals surface area contributed by atoms with Crippen molar-refractivity contribution in [2.45, 2.75) is 11.8 Å². The molecule has 0 aliphatic heterocycles. The molecule has 0 fully saturated rings. The van der Waals surface area contributed by atoms with E-state index in [-0.39, 0.29) is 23.9 Å². The number of carbonyl (C=O) groups is 1. The standard InChI is InChI=1S/C19H20N4O5S/c1-13-22-19(28-23-13)15-5-3-14(4-6-15)18(24)20-11-12-21-29(25,26)17-9-7-16(27-2)8-10-17/h3-10,21H,11-12H2,1-2H3,(H,20,24). The molecule has 0 saturated carbocycles. The molecule has 29 heavy (non-hydrogen) atoms. The molecular weight excluding hydrogens is 396 g/mol. The van der Waals surface area contributed by atoms with Crippen molar-refractivity contribution in [3.63, 3.8) is 0 Å². The van der Waals surface area contributed by atoms with Crippen LogP contribution in [0.5, 0.6) is 5.75 Å². The van der Waals surface area contributed by atoms with E-state index >= 15 is 0 Å². The minimum Gasteiger partial charge on any atom is -0.497 e. The maximum absolute atomic E-state index is 12.2. The lowest BCUT2D eigenvalue weighted by Gasteiger charge is -2.09. The first-order valence-electron chi connectivity index (χ1n) is 8.72. The molecule has 1 amide bonds. The molecule has 2 aromatic carbocycles. The minimum atomic E-state index is -3.66. The second-order valence-electron chi connectivity index (χ2n) is 6.05. The zero-order valence-electron chi connectivity index (χ0n) is 15.9. The van der Waals surface area contributed by atoms with Gasteiger partial charge in [0.25, 0.3) is 11.8 Å². The van der Waals surface area contributed by atoms with Gasteiger partial charge in [0.2, 0.25) is 10.0 Å². The minimum absolute atomic E-state index is 0.0550. The van der Waals surface area contributed by atoms with Gasteiger partial charge in [-0.1, -0.05) is 5.16 Å². The number of amides is 1. The smallest absolute Gasteiger partial charge is 0.257 e. The topological polar surface area (TPSA) is 123 Å². The molecule has 3 aromatic rings. The van der Waals surface area contributed by atoms with Crippen LogP contribution in [-0.4, -0.2) is 44.7 Å². The monoisotopic (exact) mass is 416 g/mol. The van der Waals surface area contributed by atoms with Crippen molar-refractivity contribution in [2.75, 3.05) is 20.2 Å². The Morgan fingerprint density at radius 1 is 1.07 bits per heavy atom. The van der Waals surface area contributed by atoms with E-state index in [9.17, 15) is 13.2 Å². The van der Waals surface area contributed by atoms with E-state index in [0.29, 0.717) is 28.6 Å². The first-order valence-corrected chi connectivity index (χ1v) is 10.2. The van der Waals surface area contributed by atoms with Gasteiger partial charge in [-0.2, -0.15) is 4.98 Å². The first kappa shape index (κ1) is 20.5. The van der Waals surface area contributed by atoms with Crippen LogP contribution in [-0.2, 0) is 10.0 Å². The van der Waals surface area contributed by atoms with Crippen LogP contribution in [0.15, 0.2) is 57.9 Å². The summed E-state index contributed by atoms with van der Waals surface area (Å²) in [7, 11) is -2.16. The van der Waals surface area contributed by atoms with Crippen molar-refractivity contribution in [1.82, 2.24) is 20.2 Å². The van der Waals surface area contributed by atoms with Crippen LogP contribution >= 0.6 is 0 Å². The molecule has 0 radical (unpaired) electrons. The number of methoxy groups -OCH3 is 1. The Morgan fingerprint density at radius 3 is 2.34 bits per heavy atom. The molecule has 0 bridgehead atoms. The van der Waals surface area contributed by atoms with E-state index in [1.54, 1.807) is 43.3 Å². The zero-order valence-corrected chi connectivity index (χ0v) is 16.7. The second kappa shape index (κ2) is 8.84. The highest BCUT2D eigenvalue weighted by Gasteiger charge is 2.14. The number of rotatable bonds is 8. The molecule has 0 atom stereocenters. The van der Waals surface area contributed by atoms with Gasteiger partial charge in [-0.05, 0) is 55.5 Å². The zero-order chi connectivity index (χ0) is 20.9. The molecule has 0 aliphatic rings. The lowest BCUT2D eigenvalue weighted by atomic mass is 10.1. The Morgan fingerprint density at radius 2 is 1.76 bits per heavy atom. The van der Waals surface area contributed by atoms with Gasteiger partial charge in [-0.15, -0.1) is 0 Å². The lowest BCUT2D eigenvalue weighted by Crippen LogP contribution is -2.34. The van der Waals surface area contributed by atoms with E-state index in [4.69, 9.17) is 9.26 Å². The van der Waals surface area contributed by atoms with Crippen LogP contribution in [0, 0.1) is 6.92 Å². The average molecular weight is 416 g/mol. The lowest BCUT2D eigenvalue weighted by molar-refractivity contribution is 0.0954. The maximum atomic E-state index is 12.2. The number of ether oxygens (including phenoxy) is 1. The third kappa shape index (κ3) is 5.18. The quantitative estimate of drug-likeness (QED) is 0.536. The summed E-state index contributed by atoms with van der Waals surface area (Å²) in [4.78, 5) is 16.5. The molecule has 0 unspecified atom stereocenters. The normalized spacial score (nSPS) is 11.2. The molecular formula is C19H20N4O5S. The summed E-state index contributed by atoms with van der Waals surface area (Å²) >= 11 is 0. The Kier molecular flexibility index (Phi) is 6.25. The average Bonchev–Trinajstić information content (AvgIpc) is 3.17. The highest BCUT2D eigenvalue weighted by molar-refractivity contribution is 7.89. The number of nitrogens with one attached hydrogen (secondary N) is 2. The molecule has 0 aliphatic carbocycles. The van der Waals surface area contributed by atoms with Gasteiger partial charge in [-0.25, -0.2) is 13.1 Å². The summed E-state index contributed by atoms with van der Waals surface area (Å²) in [5.41, 5.74) is 1.14. The number of hydrogen-bond acceptors (Lipinski definition) is 7. The fraction of sp³-hybridized carbons (Fsp3) is 0.211. The second-order valence-corrected chi connectivity index (χ2v) is 7.82. The molecule has 3 rings (SSSR count). The largest absolute Gasteiger partial charge is 0.497 e. The number of aryl methyl sites for hydroxylation is 1. The number of aromatic nitrogens is 2. The Balaban J connectivity index is 1.50. The van der Waals surface area contributed by atoms with Gasteiger partial charge in [0, 0.05) is 24.2 Å². The number of benzene rings is 2. The van der Waals surface area contributed by atoms with Gasteiger partial charge in [-0.3, -0.25) is 4.79 Å². The summed E-state index contributed by atoms with van der Waals surface area (Å²) in [6.07, 6.45) is 0. The summed E-state index contributed by atoms with van der Waals surface area (Å²) in [6.45, 7) is 1.91. The van der Waals surface area contributed by atoms with Crippen molar-refractivity contribution in [1.29, 1.82) is 0 Å². The summed E-state index contributed by atoms with van der Waals surface area (Å²) in [5.74, 6) is 1.15. The van der Waals surface area contributed by atoms with Crippen LogP contribution in [0.3, 0.4) is 0 Å². The third-order valence-corrected chi connectivity index (χ3v) is 5.47. The Hall–Kier alpha value is -3.24. The Labute approximate surface area is 168 Å². The van der Waals surface area contributed by atoms with Crippen molar-refractivity contribution >= 4 is 15.9 Å². The molecule has 152 valence electrons. The Bertz CT molecular complexity index is 1080. The molecule has 0 saturated heterocycles. The van der Waals surface area contributed by atoms with Crippen LogP contribution in [0.4, 0.5) is 0 Å². The summed E-state index contributed by atoms with van der Waals surface area (Å²) in [5, 5.41) is 6.39. The summed E-state index contributed by atoms with van der Waals surface area (Å²) in [6, 6.07) is 12.7. The SMILES string of the molecule is COc1ccc(S(=O)(=O)NCCNC(=O)c2ccc(-c3nc(C)no3)cc2)cc1. The van der Waals surface area contributed by atoms with Gasteiger partial charge < -0.3 is 14.6 Å². The first-order chi connectivity index (χ1) is 13.9. The number of carbonyl (C=O) groups excluding carboxylic acids is 1. The number of hydrogen-bond donors (Lipinski definition) is 2. The predicted molar refractivity (Wildman–Crippen MR) is 105 cm³/mol. The molecule has 9 nitrogen and oxygen atoms in total. The van der Waals surface area contributed by atoms with E-state index < -0.39 is 10.0 Å². The van der Waals surface area contributed by atoms with Crippen molar-refractivity contribution < 1.29 is 22.5 Å². The molecule has 1 heterocycles.